The molecule has 0 aromatic rings. The van der Waals surface area contributed by atoms with Crippen LogP contribution < -0.4 is 5.32 Å². The smallest absolute Gasteiger partial charge is 0.307 e. The molecule has 1 aliphatic rings. The van der Waals surface area contributed by atoms with Crippen LogP contribution in [0.2, 0.25) is 0 Å². The molecule has 0 spiro atoms. The average Bonchev–Trinajstić information content (AvgIpc) is 2.23. The van der Waals surface area contributed by atoms with Gasteiger partial charge in [-0.2, -0.15) is 13.2 Å². The maximum Gasteiger partial charge on any atom is 0.389 e. The van der Waals surface area contributed by atoms with E-state index in [2.05, 4.69) is 5.32 Å². The first-order valence-electron chi connectivity index (χ1n) is 6.10. The quantitative estimate of drug-likeness (QED) is 0.775. The summed E-state index contributed by atoms with van der Waals surface area (Å²) in [5, 5.41) is 2.64. The summed E-state index contributed by atoms with van der Waals surface area (Å²) in [7, 11) is 0. The molecule has 0 aromatic carbocycles. The molecule has 0 aliphatic carbocycles. The van der Waals surface area contributed by atoms with E-state index in [9.17, 15) is 22.0 Å². The Labute approximate surface area is 104 Å². The lowest BCUT2D eigenvalue weighted by Gasteiger charge is -2.38. The summed E-state index contributed by atoms with van der Waals surface area (Å²) in [6, 6.07) is -0.278. The van der Waals surface area contributed by atoms with E-state index in [0.717, 1.165) is 0 Å². The molecule has 1 saturated heterocycles. The second kappa shape index (κ2) is 6.65. The predicted molar refractivity (Wildman–Crippen MR) is 58.7 cm³/mol. The second-order valence-corrected chi connectivity index (χ2v) is 4.77. The lowest BCUT2D eigenvalue weighted by Crippen LogP contribution is -2.50. The van der Waals surface area contributed by atoms with E-state index in [-0.39, 0.29) is 6.04 Å². The van der Waals surface area contributed by atoms with E-state index < -0.39 is 31.5 Å². The normalized spacial score (nSPS) is 26.8. The molecule has 18 heavy (non-hydrogen) atoms. The number of nitrogens with one attached hydrogen (secondary N) is 1. The van der Waals surface area contributed by atoms with Crippen molar-refractivity contribution in [3.05, 3.63) is 0 Å². The van der Waals surface area contributed by atoms with Crippen LogP contribution in [0.25, 0.3) is 0 Å². The van der Waals surface area contributed by atoms with Crippen molar-refractivity contribution in [2.45, 2.75) is 38.4 Å². The highest BCUT2D eigenvalue weighted by molar-refractivity contribution is 4.84. The van der Waals surface area contributed by atoms with Gasteiger partial charge in [0.05, 0.1) is 6.54 Å². The van der Waals surface area contributed by atoms with E-state index >= 15 is 0 Å². The molecule has 1 rings (SSSR count). The van der Waals surface area contributed by atoms with Crippen molar-refractivity contribution in [1.82, 2.24) is 10.2 Å². The topological polar surface area (TPSA) is 15.3 Å². The molecule has 1 fully saturated rings. The number of hydrogen-bond donors (Lipinski definition) is 1. The van der Waals surface area contributed by atoms with Gasteiger partial charge in [-0.1, -0.05) is 6.92 Å². The van der Waals surface area contributed by atoms with Gasteiger partial charge in [0.2, 0.25) is 0 Å². The Bertz CT molecular complexity index is 244. The van der Waals surface area contributed by atoms with Gasteiger partial charge < -0.3 is 10.2 Å². The Morgan fingerprint density at radius 2 is 1.94 bits per heavy atom. The number of rotatable bonds is 5. The predicted octanol–water partition coefficient (Wildman–Crippen LogP) is 2.50. The first kappa shape index (κ1) is 15.6. The standard InChI is InChI=1S/C11H19F5N2/c1-2-18-6-8(4-11(14,15)16)3-9(7-18)17-5-10(12)13/h8-10,17H,2-7H2,1H3. The number of hydrogen-bond acceptors (Lipinski definition) is 2. The monoisotopic (exact) mass is 274 g/mol. The third-order valence-electron chi connectivity index (χ3n) is 3.14. The Hall–Kier alpha value is -0.430. The van der Waals surface area contributed by atoms with Gasteiger partial charge >= 0.3 is 6.18 Å². The fraction of sp³-hybridized carbons (Fsp3) is 1.00. The summed E-state index contributed by atoms with van der Waals surface area (Å²) < 4.78 is 61.2. The molecule has 108 valence electrons. The summed E-state index contributed by atoms with van der Waals surface area (Å²) >= 11 is 0. The van der Waals surface area contributed by atoms with Crippen LogP contribution in [0.15, 0.2) is 0 Å². The Balaban J connectivity index is 2.49. The van der Waals surface area contributed by atoms with Crippen LogP contribution in [0, 0.1) is 5.92 Å². The van der Waals surface area contributed by atoms with Crippen molar-refractivity contribution < 1.29 is 22.0 Å². The highest BCUT2D eigenvalue weighted by Crippen LogP contribution is 2.30. The molecule has 0 saturated carbocycles. The number of halogens is 5. The summed E-state index contributed by atoms with van der Waals surface area (Å²) in [6.45, 7) is 2.97. The van der Waals surface area contributed by atoms with Crippen molar-refractivity contribution in [2.24, 2.45) is 5.92 Å². The number of piperidine rings is 1. The SMILES string of the molecule is CCN1CC(CC(F)(F)F)CC(NCC(F)F)C1. The molecule has 7 heteroatoms. The van der Waals surface area contributed by atoms with Crippen LogP contribution in [-0.4, -0.2) is 49.7 Å². The minimum absolute atomic E-state index is 0.278. The largest absolute Gasteiger partial charge is 0.389 e. The molecule has 1 aliphatic heterocycles. The van der Waals surface area contributed by atoms with Crippen molar-refractivity contribution in [3.63, 3.8) is 0 Å². The van der Waals surface area contributed by atoms with Crippen molar-refractivity contribution in [3.8, 4) is 0 Å². The van der Waals surface area contributed by atoms with Crippen LogP contribution in [-0.2, 0) is 0 Å². The van der Waals surface area contributed by atoms with Gasteiger partial charge in [-0.25, -0.2) is 8.78 Å². The molecule has 1 N–H and O–H groups in total. The number of nitrogens with zero attached hydrogens (tertiary/aromatic N) is 1. The zero-order valence-electron chi connectivity index (χ0n) is 10.3. The third-order valence-corrected chi connectivity index (χ3v) is 3.14. The van der Waals surface area contributed by atoms with Gasteiger partial charge in [-0.3, -0.25) is 0 Å². The molecule has 1 heterocycles. The number of alkyl halides is 5. The zero-order chi connectivity index (χ0) is 13.8. The van der Waals surface area contributed by atoms with Gasteiger partial charge in [0, 0.05) is 25.6 Å². The molecule has 0 aromatic heterocycles. The molecular formula is C11H19F5N2. The van der Waals surface area contributed by atoms with Gasteiger partial charge in [0.25, 0.3) is 6.43 Å². The van der Waals surface area contributed by atoms with Crippen molar-refractivity contribution in [1.29, 1.82) is 0 Å². The van der Waals surface area contributed by atoms with Crippen LogP contribution in [0.5, 0.6) is 0 Å². The molecule has 0 bridgehead atoms. The van der Waals surface area contributed by atoms with Crippen LogP contribution >= 0.6 is 0 Å². The van der Waals surface area contributed by atoms with Gasteiger partial charge in [0.1, 0.15) is 0 Å². The lowest BCUT2D eigenvalue weighted by molar-refractivity contribution is -0.148. The minimum atomic E-state index is -4.19. The van der Waals surface area contributed by atoms with E-state index in [1.807, 2.05) is 11.8 Å². The minimum Gasteiger partial charge on any atom is -0.307 e. The maximum absolute atomic E-state index is 12.4. The third kappa shape index (κ3) is 5.95. The average molecular weight is 274 g/mol. The molecule has 2 unspecified atom stereocenters. The van der Waals surface area contributed by atoms with Crippen LogP contribution in [0.3, 0.4) is 0 Å². The molecular weight excluding hydrogens is 255 g/mol. The number of likely N-dealkylation sites (N-methyl/N-ethyl adjacent to an activating group) is 1. The Morgan fingerprint density at radius 3 is 2.44 bits per heavy atom. The van der Waals surface area contributed by atoms with E-state index in [1.165, 1.54) is 0 Å². The van der Waals surface area contributed by atoms with E-state index in [1.54, 1.807) is 0 Å². The first-order chi connectivity index (χ1) is 8.30. The highest BCUT2D eigenvalue weighted by atomic mass is 19.4. The zero-order valence-corrected chi connectivity index (χ0v) is 10.3. The lowest BCUT2D eigenvalue weighted by atomic mass is 9.91. The van der Waals surface area contributed by atoms with E-state index in [0.29, 0.717) is 26.1 Å². The molecule has 0 amide bonds. The first-order valence-corrected chi connectivity index (χ1v) is 6.10. The fourth-order valence-electron chi connectivity index (χ4n) is 2.44. The summed E-state index contributed by atoms with van der Waals surface area (Å²) in [5.41, 5.74) is 0. The van der Waals surface area contributed by atoms with Crippen molar-refractivity contribution >= 4 is 0 Å². The van der Waals surface area contributed by atoms with Crippen molar-refractivity contribution in [2.75, 3.05) is 26.2 Å². The van der Waals surface area contributed by atoms with Gasteiger partial charge in [-0.15, -0.1) is 0 Å². The van der Waals surface area contributed by atoms with Crippen LogP contribution in [0.1, 0.15) is 19.8 Å². The molecule has 0 radical (unpaired) electrons. The summed E-state index contributed by atoms with van der Waals surface area (Å²) in [6.07, 6.45) is -7.18. The van der Waals surface area contributed by atoms with Gasteiger partial charge in [0.15, 0.2) is 0 Å². The van der Waals surface area contributed by atoms with Crippen LogP contribution in [0.4, 0.5) is 22.0 Å². The highest BCUT2D eigenvalue weighted by Gasteiger charge is 2.36. The summed E-state index contributed by atoms with van der Waals surface area (Å²) in [4.78, 5) is 1.88. The Morgan fingerprint density at radius 1 is 1.28 bits per heavy atom. The van der Waals surface area contributed by atoms with Gasteiger partial charge in [-0.05, 0) is 18.9 Å². The van der Waals surface area contributed by atoms with E-state index in [4.69, 9.17) is 0 Å². The molecule has 2 nitrogen and oxygen atoms in total. The maximum atomic E-state index is 12.4. The summed E-state index contributed by atoms with van der Waals surface area (Å²) in [5.74, 6) is -0.506. The second-order valence-electron chi connectivity index (χ2n) is 4.77. The molecule has 2 atom stereocenters. The number of likely N-dealkylation sites (tertiary alicyclic amines) is 1. The Kier molecular flexibility index (Phi) is 5.78. The fourth-order valence-corrected chi connectivity index (χ4v) is 2.44.